The number of H-pyrrole nitrogens is 1. The number of nitriles is 1. The van der Waals surface area contributed by atoms with Crippen LogP contribution in [0.15, 0.2) is 42.5 Å². The van der Waals surface area contributed by atoms with Crippen LogP contribution in [-0.2, 0) is 6.42 Å². The maximum absolute atomic E-state index is 10.7. The lowest BCUT2D eigenvalue weighted by Crippen LogP contribution is -2.07. The van der Waals surface area contributed by atoms with E-state index in [2.05, 4.69) is 15.3 Å². The molecule has 0 aliphatic carbocycles. The zero-order valence-electron chi connectivity index (χ0n) is 12.1. The summed E-state index contributed by atoms with van der Waals surface area (Å²) in [6.45, 7) is 0.562. The Balaban J connectivity index is 1.68. The van der Waals surface area contributed by atoms with Crippen molar-refractivity contribution < 1.29 is 4.92 Å². The summed E-state index contributed by atoms with van der Waals surface area (Å²) < 4.78 is 0. The second-order valence-corrected chi connectivity index (χ2v) is 4.98. The minimum Gasteiger partial charge on any atom is -0.384 e. The molecule has 114 valence electrons. The number of nitro groups is 1. The van der Waals surface area contributed by atoms with Crippen LogP contribution in [0.1, 0.15) is 11.4 Å². The lowest BCUT2D eigenvalue weighted by molar-refractivity contribution is -0.384. The van der Waals surface area contributed by atoms with Gasteiger partial charge in [0.25, 0.3) is 5.69 Å². The van der Waals surface area contributed by atoms with E-state index in [0.29, 0.717) is 18.7 Å². The molecule has 1 aromatic heterocycles. The molecule has 0 radical (unpaired) electrons. The van der Waals surface area contributed by atoms with Crippen molar-refractivity contribution >= 4 is 22.4 Å². The van der Waals surface area contributed by atoms with E-state index in [0.717, 1.165) is 16.9 Å². The fourth-order valence-electron chi connectivity index (χ4n) is 2.33. The van der Waals surface area contributed by atoms with Gasteiger partial charge >= 0.3 is 0 Å². The van der Waals surface area contributed by atoms with Gasteiger partial charge in [0.05, 0.1) is 27.2 Å². The topological polar surface area (TPSA) is 108 Å². The first-order chi connectivity index (χ1) is 11.2. The average molecular weight is 307 g/mol. The number of para-hydroxylation sites is 2. The van der Waals surface area contributed by atoms with E-state index in [1.54, 1.807) is 6.07 Å². The van der Waals surface area contributed by atoms with E-state index in [4.69, 9.17) is 5.26 Å². The highest BCUT2D eigenvalue weighted by Gasteiger charge is 2.10. The largest absolute Gasteiger partial charge is 0.384 e. The minimum absolute atomic E-state index is 0.0932. The standard InChI is InChI=1S/C16H13N5O2/c17-10-11-9-12(21(22)23)5-6-13(11)18-8-7-16-19-14-3-1-2-4-15(14)20-16/h1-6,9,18H,7-8H2,(H,19,20). The van der Waals surface area contributed by atoms with E-state index < -0.39 is 4.92 Å². The molecule has 3 aromatic rings. The Morgan fingerprint density at radius 1 is 1.30 bits per heavy atom. The molecule has 0 aliphatic rings. The van der Waals surface area contributed by atoms with Crippen LogP contribution in [0.2, 0.25) is 0 Å². The van der Waals surface area contributed by atoms with Crippen molar-refractivity contribution in [2.75, 3.05) is 11.9 Å². The molecule has 23 heavy (non-hydrogen) atoms. The molecule has 0 saturated carbocycles. The van der Waals surface area contributed by atoms with Crippen molar-refractivity contribution in [2.24, 2.45) is 0 Å². The summed E-state index contributed by atoms with van der Waals surface area (Å²) in [7, 11) is 0. The number of aromatic amines is 1. The molecule has 0 amide bonds. The number of non-ortho nitro benzene ring substituents is 1. The number of hydrogen-bond acceptors (Lipinski definition) is 5. The van der Waals surface area contributed by atoms with Crippen LogP contribution in [-0.4, -0.2) is 21.4 Å². The van der Waals surface area contributed by atoms with Crippen LogP contribution in [0.3, 0.4) is 0 Å². The van der Waals surface area contributed by atoms with Crippen LogP contribution in [0.5, 0.6) is 0 Å². The molecule has 7 nitrogen and oxygen atoms in total. The number of fused-ring (bicyclic) bond motifs is 1. The summed E-state index contributed by atoms with van der Waals surface area (Å²) in [5.74, 6) is 0.846. The number of nitrogens with zero attached hydrogens (tertiary/aromatic N) is 3. The van der Waals surface area contributed by atoms with Crippen molar-refractivity contribution in [3.8, 4) is 6.07 Å². The molecular weight excluding hydrogens is 294 g/mol. The molecule has 1 heterocycles. The fourth-order valence-corrected chi connectivity index (χ4v) is 2.33. The highest BCUT2D eigenvalue weighted by atomic mass is 16.6. The van der Waals surface area contributed by atoms with Crippen molar-refractivity contribution in [1.29, 1.82) is 5.26 Å². The van der Waals surface area contributed by atoms with E-state index >= 15 is 0 Å². The zero-order valence-corrected chi connectivity index (χ0v) is 12.1. The van der Waals surface area contributed by atoms with Crippen LogP contribution in [0.25, 0.3) is 11.0 Å². The molecule has 0 aliphatic heterocycles. The zero-order chi connectivity index (χ0) is 16.2. The Morgan fingerprint density at radius 3 is 2.87 bits per heavy atom. The molecule has 2 N–H and O–H groups in total. The van der Waals surface area contributed by atoms with E-state index in [-0.39, 0.29) is 11.3 Å². The maximum Gasteiger partial charge on any atom is 0.270 e. The first kappa shape index (κ1) is 14.5. The lowest BCUT2D eigenvalue weighted by Gasteiger charge is -2.06. The molecule has 0 saturated heterocycles. The molecule has 0 spiro atoms. The number of nitrogens with one attached hydrogen (secondary N) is 2. The van der Waals surface area contributed by atoms with Gasteiger partial charge in [-0.2, -0.15) is 5.26 Å². The smallest absolute Gasteiger partial charge is 0.270 e. The number of nitro benzene ring substituents is 1. The second-order valence-electron chi connectivity index (χ2n) is 4.98. The van der Waals surface area contributed by atoms with Gasteiger partial charge in [0.15, 0.2) is 0 Å². The molecule has 3 rings (SSSR count). The Morgan fingerprint density at radius 2 is 2.13 bits per heavy atom. The normalized spacial score (nSPS) is 10.4. The van der Waals surface area contributed by atoms with Crippen molar-refractivity contribution in [1.82, 2.24) is 9.97 Å². The third-order valence-corrected chi connectivity index (χ3v) is 3.45. The predicted molar refractivity (Wildman–Crippen MR) is 86.1 cm³/mol. The Labute approximate surface area is 131 Å². The summed E-state index contributed by atoms with van der Waals surface area (Å²) in [5.41, 5.74) is 2.63. The van der Waals surface area contributed by atoms with Crippen LogP contribution in [0.4, 0.5) is 11.4 Å². The fraction of sp³-hybridized carbons (Fsp3) is 0.125. The SMILES string of the molecule is N#Cc1cc([N+](=O)[O-])ccc1NCCc1nc2ccccc2[nH]1. The number of anilines is 1. The van der Waals surface area contributed by atoms with Gasteiger partial charge in [-0.1, -0.05) is 12.1 Å². The molecule has 7 heteroatoms. The first-order valence-corrected chi connectivity index (χ1v) is 7.03. The maximum atomic E-state index is 10.7. The third kappa shape index (κ3) is 3.11. The molecule has 0 unspecified atom stereocenters. The number of rotatable bonds is 5. The number of imidazole rings is 1. The van der Waals surface area contributed by atoms with E-state index in [1.165, 1.54) is 12.1 Å². The minimum atomic E-state index is -0.515. The first-order valence-electron chi connectivity index (χ1n) is 7.03. The summed E-state index contributed by atoms with van der Waals surface area (Å²) >= 11 is 0. The molecule has 2 aromatic carbocycles. The Kier molecular flexibility index (Phi) is 3.89. The van der Waals surface area contributed by atoms with Gasteiger partial charge in [0.2, 0.25) is 0 Å². The third-order valence-electron chi connectivity index (χ3n) is 3.45. The Bertz CT molecular complexity index is 877. The highest BCUT2D eigenvalue weighted by molar-refractivity contribution is 5.74. The number of benzene rings is 2. The van der Waals surface area contributed by atoms with Gasteiger partial charge in [0.1, 0.15) is 11.9 Å². The van der Waals surface area contributed by atoms with Crippen LogP contribution < -0.4 is 5.32 Å². The summed E-state index contributed by atoms with van der Waals surface area (Å²) in [6, 6.07) is 13.9. The van der Waals surface area contributed by atoms with Gasteiger partial charge in [0, 0.05) is 25.1 Å². The monoisotopic (exact) mass is 307 g/mol. The molecule has 0 atom stereocenters. The van der Waals surface area contributed by atoms with Gasteiger partial charge in [-0.3, -0.25) is 10.1 Å². The van der Waals surface area contributed by atoms with Gasteiger partial charge in [-0.15, -0.1) is 0 Å². The van der Waals surface area contributed by atoms with Crippen molar-refractivity contribution in [3.05, 3.63) is 64.0 Å². The van der Waals surface area contributed by atoms with Crippen molar-refractivity contribution in [3.63, 3.8) is 0 Å². The van der Waals surface area contributed by atoms with Crippen LogP contribution >= 0.6 is 0 Å². The molecular formula is C16H13N5O2. The van der Waals surface area contributed by atoms with Gasteiger partial charge < -0.3 is 10.3 Å². The molecule has 0 fully saturated rings. The van der Waals surface area contributed by atoms with Crippen molar-refractivity contribution in [2.45, 2.75) is 6.42 Å². The van der Waals surface area contributed by atoms with Gasteiger partial charge in [-0.25, -0.2) is 4.98 Å². The number of hydrogen-bond donors (Lipinski definition) is 2. The van der Waals surface area contributed by atoms with Gasteiger partial charge in [-0.05, 0) is 18.2 Å². The lowest BCUT2D eigenvalue weighted by atomic mass is 10.1. The second kappa shape index (κ2) is 6.15. The summed E-state index contributed by atoms with van der Waals surface area (Å²) in [4.78, 5) is 17.9. The number of aromatic nitrogens is 2. The van der Waals surface area contributed by atoms with E-state index in [9.17, 15) is 10.1 Å². The predicted octanol–water partition coefficient (Wildman–Crippen LogP) is 3.00. The summed E-state index contributed by atoms with van der Waals surface area (Å²) in [6.07, 6.45) is 0.649. The van der Waals surface area contributed by atoms with E-state index in [1.807, 2.05) is 30.3 Å². The van der Waals surface area contributed by atoms with Crippen LogP contribution in [0, 0.1) is 21.4 Å². The Hall–Kier alpha value is -3.40. The highest BCUT2D eigenvalue weighted by Crippen LogP contribution is 2.21. The quantitative estimate of drug-likeness (QED) is 0.556. The average Bonchev–Trinajstić information content (AvgIpc) is 2.97. The molecule has 0 bridgehead atoms. The summed E-state index contributed by atoms with van der Waals surface area (Å²) in [5, 5.41) is 23.0.